The molecule has 4 aromatic rings. The van der Waals surface area contributed by atoms with Crippen molar-refractivity contribution >= 4 is 38.2 Å². The van der Waals surface area contributed by atoms with Crippen LogP contribution in [0.2, 0.25) is 0 Å². The molecule has 0 radical (unpaired) electrons. The van der Waals surface area contributed by atoms with Crippen LogP contribution in [0.5, 0.6) is 0 Å². The van der Waals surface area contributed by atoms with Crippen LogP contribution in [0, 0.1) is 6.92 Å². The summed E-state index contributed by atoms with van der Waals surface area (Å²) in [6, 6.07) is 17.7. The molecule has 0 atom stereocenters. The second-order valence-electron chi connectivity index (χ2n) is 7.26. The SMILES string of the molecule is Cc1ccccc1-c1cc(NS(=O)(=O)c2ccc3c4c(cccc24)C(=O)N3C)n[nH]1. The first-order chi connectivity index (χ1) is 14.4. The third-order valence-corrected chi connectivity index (χ3v) is 6.83. The van der Waals surface area contributed by atoms with E-state index in [-0.39, 0.29) is 16.6 Å². The van der Waals surface area contributed by atoms with Crippen molar-refractivity contribution in [2.24, 2.45) is 0 Å². The number of anilines is 2. The smallest absolute Gasteiger partial charge is 0.263 e. The lowest BCUT2D eigenvalue weighted by Gasteiger charge is -2.12. The number of nitrogens with one attached hydrogen (secondary N) is 2. The summed E-state index contributed by atoms with van der Waals surface area (Å²) in [5.41, 5.74) is 3.92. The third kappa shape index (κ3) is 2.68. The molecule has 2 heterocycles. The summed E-state index contributed by atoms with van der Waals surface area (Å²) in [5, 5.41) is 8.16. The number of nitrogens with zero attached hydrogens (tertiary/aromatic N) is 2. The number of amides is 1. The molecule has 1 amide bonds. The van der Waals surface area contributed by atoms with Gasteiger partial charge in [-0.1, -0.05) is 36.4 Å². The maximum Gasteiger partial charge on any atom is 0.263 e. The molecule has 0 spiro atoms. The number of carbonyl (C=O) groups is 1. The average Bonchev–Trinajstić information content (AvgIpc) is 3.28. The number of aromatic nitrogens is 2. The molecule has 150 valence electrons. The minimum atomic E-state index is -3.92. The van der Waals surface area contributed by atoms with Gasteiger partial charge in [0.1, 0.15) is 0 Å². The van der Waals surface area contributed by atoms with E-state index in [9.17, 15) is 13.2 Å². The maximum atomic E-state index is 13.2. The summed E-state index contributed by atoms with van der Waals surface area (Å²) >= 11 is 0. The number of hydrogen-bond donors (Lipinski definition) is 2. The molecular formula is C22H18N4O3S. The highest BCUT2D eigenvalue weighted by atomic mass is 32.2. The Kier molecular flexibility index (Phi) is 3.94. The summed E-state index contributed by atoms with van der Waals surface area (Å²) in [5.74, 6) is 0.0537. The number of H-pyrrole nitrogens is 1. The summed E-state index contributed by atoms with van der Waals surface area (Å²) < 4.78 is 28.9. The van der Waals surface area contributed by atoms with E-state index in [0.717, 1.165) is 16.8 Å². The minimum absolute atomic E-state index is 0.103. The Bertz CT molecular complexity index is 1440. The highest BCUT2D eigenvalue weighted by Gasteiger charge is 2.30. The molecule has 2 N–H and O–H groups in total. The molecule has 0 saturated carbocycles. The standard InChI is InChI=1S/C22H18N4O3S/c1-13-6-3-4-7-14(13)17-12-20(24-23-17)25-30(28,29)19-11-10-18-21-15(19)8-5-9-16(21)22(27)26(18)2/h3-12H,1-2H3,(H2,23,24,25). The number of hydrogen-bond acceptors (Lipinski definition) is 4. The van der Waals surface area contributed by atoms with Crippen LogP contribution in [0.25, 0.3) is 22.0 Å². The number of benzene rings is 3. The van der Waals surface area contributed by atoms with Gasteiger partial charge in [-0.2, -0.15) is 5.10 Å². The summed E-state index contributed by atoms with van der Waals surface area (Å²) in [7, 11) is -2.24. The van der Waals surface area contributed by atoms with Crippen LogP contribution in [0.1, 0.15) is 15.9 Å². The molecule has 30 heavy (non-hydrogen) atoms. The fraction of sp³-hybridized carbons (Fsp3) is 0.0909. The molecule has 8 heteroatoms. The van der Waals surface area contributed by atoms with Crippen molar-refractivity contribution in [3.63, 3.8) is 0 Å². The highest BCUT2D eigenvalue weighted by Crippen LogP contribution is 2.39. The summed E-state index contributed by atoms with van der Waals surface area (Å²) in [4.78, 5) is 14.1. The molecule has 0 unspecified atom stereocenters. The second kappa shape index (κ2) is 6.43. The van der Waals surface area contributed by atoms with Crippen molar-refractivity contribution in [1.82, 2.24) is 10.2 Å². The molecule has 1 aromatic heterocycles. The van der Waals surface area contributed by atoms with E-state index in [4.69, 9.17) is 0 Å². The van der Waals surface area contributed by atoms with E-state index in [2.05, 4.69) is 14.9 Å². The van der Waals surface area contributed by atoms with Gasteiger partial charge < -0.3 is 4.90 Å². The first kappa shape index (κ1) is 18.4. The second-order valence-corrected chi connectivity index (χ2v) is 8.91. The first-order valence-electron chi connectivity index (χ1n) is 9.35. The maximum absolute atomic E-state index is 13.2. The van der Waals surface area contributed by atoms with Gasteiger partial charge in [-0.15, -0.1) is 0 Å². The zero-order chi connectivity index (χ0) is 21.0. The lowest BCUT2D eigenvalue weighted by atomic mass is 10.1. The number of aryl methyl sites for hydroxylation is 1. The van der Waals surface area contributed by atoms with Gasteiger partial charge in [-0.05, 0) is 30.7 Å². The van der Waals surface area contributed by atoms with Crippen molar-refractivity contribution in [2.75, 3.05) is 16.7 Å². The molecular weight excluding hydrogens is 400 g/mol. The molecule has 7 nitrogen and oxygen atoms in total. The lowest BCUT2D eigenvalue weighted by Crippen LogP contribution is -2.20. The molecule has 5 rings (SSSR count). The van der Waals surface area contributed by atoms with Crippen LogP contribution in [0.4, 0.5) is 11.5 Å². The van der Waals surface area contributed by atoms with Crippen LogP contribution >= 0.6 is 0 Å². The fourth-order valence-electron chi connectivity index (χ4n) is 3.92. The summed E-state index contributed by atoms with van der Waals surface area (Å²) in [6.07, 6.45) is 0. The van der Waals surface area contributed by atoms with Gasteiger partial charge in [-0.25, -0.2) is 8.42 Å². The quantitative estimate of drug-likeness (QED) is 0.525. The van der Waals surface area contributed by atoms with Crippen LogP contribution in [-0.4, -0.2) is 31.6 Å². The fourth-order valence-corrected chi connectivity index (χ4v) is 5.12. The first-order valence-corrected chi connectivity index (χ1v) is 10.8. The van der Waals surface area contributed by atoms with E-state index in [0.29, 0.717) is 22.0 Å². The van der Waals surface area contributed by atoms with Gasteiger partial charge in [0.2, 0.25) is 0 Å². The number of rotatable bonds is 4. The van der Waals surface area contributed by atoms with E-state index >= 15 is 0 Å². The Morgan fingerprint density at radius 1 is 1.00 bits per heavy atom. The monoisotopic (exact) mass is 418 g/mol. The van der Waals surface area contributed by atoms with Gasteiger partial charge in [0, 0.05) is 35.0 Å². The summed E-state index contributed by atoms with van der Waals surface area (Å²) in [6.45, 7) is 1.98. The van der Waals surface area contributed by atoms with Gasteiger partial charge in [-0.3, -0.25) is 14.6 Å². The largest absolute Gasteiger partial charge is 0.311 e. The molecule has 3 aromatic carbocycles. The van der Waals surface area contributed by atoms with Crippen molar-refractivity contribution in [3.05, 3.63) is 71.8 Å². The Balaban J connectivity index is 1.56. The minimum Gasteiger partial charge on any atom is -0.311 e. The molecule has 0 bridgehead atoms. The third-order valence-electron chi connectivity index (χ3n) is 5.42. The van der Waals surface area contributed by atoms with Crippen molar-refractivity contribution in [1.29, 1.82) is 0 Å². The topological polar surface area (TPSA) is 95.2 Å². The zero-order valence-corrected chi connectivity index (χ0v) is 17.1. The van der Waals surface area contributed by atoms with Crippen molar-refractivity contribution in [2.45, 2.75) is 11.8 Å². The van der Waals surface area contributed by atoms with E-state index in [1.165, 1.54) is 11.0 Å². The van der Waals surface area contributed by atoms with Crippen LogP contribution in [0.3, 0.4) is 0 Å². The Morgan fingerprint density at radius 3 is 2.57 bits per heavy atom. The molecule has 0 saturated heterocycles. The van der Waals surface area contributed by atoms with Crippen LogP contribution in [0.15, 0.2) is 65.6 Å². The number of sulfonamides is 1. The Hall–Kier alpha value is -3.65. The van der Waals surface area contributed by atoms with Gasteiger partial charge >= 0.3 is 0 Å². The Morgan fingerprint density at radius 2 is 1.77 bits per heavy atom. The van der Waals surface area contributed by atoms with Crippen molar-refractivity contribution in [3.8, 4) is 11.3 Å². The van der Waals surface area contributed by atoms with Crippen LogP contribution < -0.4 is 9.62 Å². The van der Waals surface area contributed by atoms with Crippen molar-refractivity contribution < 1.29 is 13.2 Å². The zero-order valence-electron chi connectivity index (χ0n) is 16.3. The lowest BCUT2D eigenvalue weighted by molar-refractivity contribution is 0.0999. The highest BCUT2D eigenvalue weighted by molar-refractivity contribution is 7.93. The van der Waals surface area contributed by atoms with Gasteiger partial charge in [0.25, 0.3) is 15.9 Å². The molecule has 0 aliphatic carbocycles. The van der Waals surface area contributed by atoms with Gasteiger partial charge in [0.05, 0.1) is 16.3 Å². The molecule has 1 aliphatic heterocycles. The normalized spacial score (nSPS) is 13.3. The number of carbonyl (C=O) groups excluding carboxylic acids is 1. The number of aromatic amines is 1. The predicted octanol–water partition coefficient (Wildman–Crippen LogP) is 3.93. The average molecular weight is 418 g/mol. The van der Waals surface area contributed by atoms with E-state index < -0.39 is 10.0 Å². The molecule has 1 aliphatic rings. The molecule has 0 fully saturated rings. The Labute approximate surface area is 173 Å². The predicted molar refractivity (Wildman–Crippen MR) is 116 cm³/mol. The van der Waals surface area contributed by atoms with Crippen LogP contribution in [-0.2, 0) is 10.0 Å². The van der Waals surface area contributed by atoms with E-state index in [1.54, 1.807) is 37.4 Å². The van der Waals surface area contributed by atoms with E-state index in [1.807, 2.05) is 31.2 Å². The van der Waals surface area contributed by atoms with Gasteiger partial charge in [0.15, 0.2) is 5.82 Å².